The highest BCUT2D eigenvalue weighted by molar-refractivity contribution is 9.10. The van der Waals surface area contributed by atoms with Gasteiger partial charge in [0, 0.05) is 18.3 Å². The molecular formula is C8H11BrN4O. The minimum Gasteiger partial charge on any atom is -0.350 e. The third kappa shape index (κ3) is 2.33. The van der Waals surface area contributed by atoms with Crippen molar-refractivity contribution >= 4 is 21.8 Å². The fourth-order valence-corrected chi connectivity index (χ4v) is 1.53. The molecule has 0 spiro atoms. The lowest BCUT2D eigenvalue weighted by atomic mass is 10.5. The van der Waals surface area contributed by atoms with E-state index in [1.54, 1.807) is 17.1 Å². The molecule has 0 aromatic carbocycles. The molecule has 1 aromatic rings. The van der Waals surface area contributed by atoms with Gasteiger partial charge < -0.3 is 11.1 Å². The van der Waals surface area contributed by atoms with Crippen molar-refractivity contribution in [2.75, 3.05) is 0 Å². The first-order valence-corrected chi connectivity index (χ1v) is 5.17. The molecular weight excluding hydrogens is 248 g/mol. The van der Waals surface area contributed by atoms with Crippen molar-refractivity contribution in [3.8, 4) is 0 Å². The molecule has 0 radical (unpaired) electrons. The molecule has 2 atom stereocenters. The lowest BCUT2D eigenvalue weighted by Gasteiger charge is -2.03. The van der Waals surface area contributed by atoms with Gasteiger partial charge in [-0.2, -0.15) is 5.10 Å². The summed E-state index contributed by atoms with van der Waals surface area (Å²) >= 11 is 3.26. The van der Waals surface area contributed by atoms with Gasteiger partial charge in [-0.1, -0.05) is 0 Å². The maximum absolute atomic E-state index is 11.4. The number of nitrogens with one attached hydrogen (secondary N) is 1. The molecule has 1 heterocycles. The van der Waals surface area contributed by atoms with E-state index in [4.69, 9.17) is 5.73 Å². The highest BCUT2D eigenvalue weighted by Gasteiger charge is 2.34. The molecule has 1 aliphatic carbocycles. The summed E-state index contributed by atoms with van der Waals surface area (Å²) in [5.41, 5.74) is 5.57. The van der Waals surface area contributed by atoms with Gasteiger partial charge in [0.15, 0.2) is 0 Å². The predicted molar refractivity (Wildman–Crippen MR) is 54.5 cm³/mol. The molecule has 2 unspecified atom stereocenters. The summed E-state index contributed by atoms with van der Waals surface area (Å²) in [6.45, 7) is 0.245. The molecule has 1 fully saturated rings. The van der Waals surface area contributed by atoms with Gasteiger partial charge in [-0.05, 0) is 22.4 Å². The summed E-state index contributed by atoms with van der Waals surface area (Å²) in [5, 5.41) is 6.80. The van der Waals surface area contributed by atoms with E-state index >= 15 is 0 Å². The van der Waals surface area contributed by atoms with Crippen molar-refractivity contribution in [2.45, 2.75) is 25.0 Å². The Morgan fingerprint density at radius 2 is 2.57 bits per heavy atom. The van der Waals surface area contributed by atoms with E-state index < -0.39 is 0 Å². The molecule has 6 heteroatoms. The molecule has 1 saturated carbocycles. The second-order valence-electron chi connectivity index (χ2n) is 3.43. The van der Waals surface area contributed by atoms with Crippen LogP contribution < -0.4 is 11.1 Å². The summed E-state index contributed by atoms with van der Waals surface area (Å²) in [6, 6.07) is 0.310. The Kier molecular flexibility index (Phi) is 2.56. The molecule has 3 N–H and O–H groups in total. The largest absolute Gasteiger partial charge is 0.350 e. The molecule has 76 valence electrons. The van der Waals surface area contributed by atoms with Gasteiger partial charge in [0.2, 0.25) is 5.91 Å². The molecule has 14 heavy (non-hydrogen) atoms. The van der Waals surface area contributed by atoms with Gasteiger partial charge in [-0.3, -0.25) is 9.48 Å². The molecule has 1 amide bonds. The van der Waals surface area contributed by atoms with Gasteiger partial charge >= 0.3 is 0 Å². The van der Waals surface area contributed by atoms with Crippen molar-refractivity contribution in [1.29, 1.82) is 0 Å². The van der Waals surface area contributed by atoms with Crippen LogP contribution in [-0.2, 0) is 11.3 Å². The Labute approximate surface area is 89.8 Å². The quantitative estimate of drug-likeness (QED) is 0.793. The summed E-state index contributed by atoms with van der Waals surface area (Å²) in [4.78, 5) is 11.4. The maximum Gasteiger partial charge on any atom is 0.242 e. The molecule has 0 saturated heterocycles. The maximum atomic E-state index is 11.4. The van der Waals surface area contributed by atoms with E-state index in [2.05, 4.69) is 26.3 Å². The van der Waals surface area contributed by atoms with Gasteiger partial charge in [0.25, 0.3) is 0 Å². The van der Waals surface area contributed by atoms with E-state index in [1.807, 2.05) is 0 Å². The number of halogens is 1. The Balaban J connectivity index is 1.82. The van der Waals surface area contributed by atoms with Crippen molar-refractivity contribution < 1.29 is 4.79 Å². The third-order valence-electron chi connectivity index (χ3n) is 2.09. The standard InChI is InChI=1S/C8H11BrN4O/c9-5-2-11-13(3-5)4-8(14)12-7-1-6(7)10/h2-3,6-7H,1,4,10H2,(H,12,14). The number of carbonyl (C=O) groups is 1. The Hall–Kier alpha value is -0.880. The van der Waals surface area contributed by atoms with Crippen LogP contribution in [-0.4, -0.2) is 27.8 Å². The SMILES string of the molecule is NC1CC1NC(=O)Cn1cc(Br)cn1. The Morgan fingerprint density at radius 3 is 3.07 bits per heavy atom. The first-order valence-electron chi connectivity index (χ1n) is 4.38. The van der Waals surface area contributed by atoms with Crippen molar-refractivity contribution in [1.82, 2.24) is 15.1 Å². The van der Waals surface area contributed by atoms with Crippen LogP contribution in [0.3, 0.4) is 0 Å². The molecule has 5 nitrogen and oxygen atoms in total. The Morgan fingerprint density at radius 1 is 1.86 bits per heavy atom. The number of aromatic nitrogens is 2. The Bertz CT molecular complexity index is 351. The monoisotopic (exact) mass is 258 g/mol. The van der Waals surface area contributed by atoms with Gasteiger partial charge in [-0.15, -0.1) is 0 Å². The second kappa shape index (κ2) is 3.70. The van der Waals surface area contributed by atoms with Gasteiger partial charge in [0.1, 0.15) is 6.54 Å². The van der Waals surface area contributed by atoms with Gasteiger partial charge in [-0.25, -0.2) is 0 Å². The molecule has 1 aromatic heterocycles. The number of nitrogens with zero attached hydrogens (tertiary/aromatic N) is 2. The van der Waals surface area contributed by atoms with Crippen LogP contribution in [0.2, 0.25) is 0 Å². The molecule has 1 aliphatic rings. The minimum atomic E-state index is -0.0430. The number of rotatable bonds is 3. The fourth-order valence-electron chi connectivity index (χ4n) is 1.20. The number of carbonyl (C=O) groups excluding carboxylic acids is 1. The van der Waals surface area contributed by atoms with Crippen molar-refractivity contribution in [3.05, 3.63) is 16.9 Å². The fraction of sp³-hybridized carbons (Fsp3) is 0.500. The number of hydrogen-bond donors (Lipinski definition) is 2. The zero-order valence-electron chi connectivity index (χ0n) is 7.48. The highest BCUT2D eigenvalue weighted by Crippen LogP contribution is 2.17. The summed E-state index contributed by atoms with van der Waals surface area (Å²) in [5.74, 6) is -0.0430. The molecule has 0 bridgehead atoms. The van der Waals surface area contributed by atoms with E-state index in [-0.39, 0.29) is 24.5 Å². The lowest BCUT2D eigenvalue weighted by molar-refractivity contribution is -0.122. The van der Waals surface area contributed by atoms with Crippen molar-refractivity contribution in [2.24, 2.45) is 5.73 Å². The summed E-state index contributed by atoms with van der Waals surface area (Å²) in [7, 11) is 0. The number of amides is 1. The number of hydrogen-bond acceptors (Lipinski definition) is 3. The smallest absolute Gasteiger partial charge is 0.242 e. The zero-order chi connectivity index (χ0) is 10.1. The molecule has 2 rings (SSSR count). The van der Waals surface area contributed by atoms with Crippen LogP contribution >= 0.6 is 15.9 Å². The van der Waals surface area contributed by atoms with Crippen LogP contribution in [0.4, 0.5) is 0 Å². The van der Waals surface area contributed by atoms with Crippen molar-refractivity contribution in [3.63, 3.8) is 0 Å². The van der Waals surface area contributed by atoms with E-state index in [1.165, 1.54) is 0 Å². The first-order chi connectivity index (χ1) is 6.65. The van der Waals surface area contributed by atoms with Gasteiger partial charge in [0.05, 0.1) is 10.7 Å². The topological polar surface area (TPSA) is 72.9 Å². The number of nitrogens with two attached hydrogens (primary N) is 1. The van der Waals surface area contributed by atoms with Crippen LogP contribution in [0.15, 0.2) is 16.9 Å². The third-order valence-corrected chi connectivity index (χ3v) is 2.50. The highest BCUT2D eigenvalue weighted by atomic mass is 79.9. The molecule has 0 aliphatic heterocycles. The summed E-state index contributed by atoms with van der Waals surface area (Å²) < 4.78 is 2.45. The summed E-state index contributed by atoms with van der Waals surface area (Å²) in [6.07, 6.45) is 4.29. The van der Waals surface area contributed by atoms with Crippen LogP contribution in [0, 0.1) is 0 Å². The predicted octanol–water partition coefficient (Wildman–Crippen LogP) is -0.139. The van der Waals surface area contributed by atoms with Crippen LogP contribution in [0.1, 0.15) is 6.42 Å². The van der Waals surface area contributed by atoms with E-state index in [0.717, 1.165) is 10.9 Å². The zero-order valence-corrected chi connectivity index (χ0v) is 9.07. The van der Waals surface area contributed by atoms with E-state index in [9.17, 15) is 4.79 Å². The van der Waals surface area contributed by atoms with Crippen LogP contribution in [0.5, 0.6) is 0 Å². The minimum absolute atomic E-state index is 0.0430. The normalized spacial score (nSPS) is 24.7. The first kappa shape index (κ1) is 9.67. The second-order valence-corrected chi connectivity index (χ2v) is 4.35. The van der Waals surface area contributed by atoms with Crippen LogP contribution in [0.25, 0.3) is 0 Å². The average Bonchev–Trinajstić information content (AvgIpc) is 2.59. The average molecular weight is 259 g/mol. The van der Waals surface area contributed by atoms with E-state index in [0.29, 0.717) is 0 Å². The lowest BCUT2D eigenvalue weighted by Crippen LogP contribution is -2.32.